The van der Waals surface area contributed by atoms with Gasteiger partial charge in [0, 0.05) is 37.6 Å². The van der Waals surface area contributed by atoms with Crippen molar-refractivity contribution in [1.82, 2.24) is 5.32 Å². The second kappa shape index (κ2) is 7.17. The smallest absolute Gasteiger partial charge is 0.0367 e. The van der Waals surface area contributed by atoms with Gasteiger partial charge in [-0.2, -0.15) is 0 Å². The Morgan fingerprint density at radius 2 is 1.67 bits per heavy atom. The van der Waals surface area contributed by atoms with Gasteiger partial charge in [0.2, 0.25) is 0 Å². The summed E-state index contributed by atoms with van der Waals surface area (Å²) >= 11 is 0. The number of nitrogens with zero attached hydrogens (tertiary/aromatic N) is 2. The maximum Gasteiger partial charge on any atom is 0.0367 e. The van der Waals surface area contributed by atoms with E-state index in [9.17, 15) is 0 Å². The van der Waals surface area contributed by atoms with Crippen LogP contribution in [-0.2, 0) is 0 Å². The van der Waals surface area contributed by atoms with Gasteiger partial charge in [-0.25, -0.2) is 0 Å². The zero-order chi connectivity index (χ0) is 14.5. The van der Waals surface area contributed by atoms with E-state index in [4.69, 9.17) is 0 Å². The van der Waals surface area contributed by atoms with Crippen molar-refractivity contribution in [1.29, 1.82) is 0 Å². The van der Waals surface area contributed by atoms with Crippen LogP contribution in [0.2, 0.25) is 0 Å². The Morgan fingerprint density at radius 3 is 2.33 bits per heavy atom. The van der Waals surface area contributed by atoms with E-state index >= 15 is 0 Å². The lowest BCUT2D eigenvalue weighted by Crippen LogP contribution is -2.26. The molecule has 0 radical (unpaired) electrons. The third-order valence-corrected chi connectivity index (χ3v) is 4.83. The molecule has 1 aromatic rings. The molecule has 2 aliphatic heterocycles. The third-order valence-electron chi connectivity index (χ3n) is 4.83. The van der Waals surface area contributed by atoms with Crippen LogP contribution in [0.3, 0.4) is 0 Å². The van der Waals surface area contributed by atoms with Crippen molar-refractivity contribution >= 4 is 11.4 Å². The Labute approximate surface area is 129 Å². The molecule has 3 rings (SSSR count). The standard InChI is InChI=1S/C18H29N3/c1-2-10-19-14-16-9-13-21(15-16)18-7-5-17(6-8-18)20-11-3-4-12-20/h5-8,16,19H,2-4,9-15H2,1H3. The molecule has 2 heterocycles. The van der Waals surface area contributed by atoms with Gasteiger partial charge in [-0.15, -0.1) is 0 Å². The molecule has 21 heavy (non-hydrogen) atoms. The first-order valence-corrected chi connectivity index (χ1v) is 8.67. The fraction of sp³-hybridized carbons (Fsp3) is 0.667. The highest BCUT2D eigenvalue weighted by Crippen LogP contribution is 2.27. The third kappa shape index (κ3) is 3.70. The molecule has 1 atom stereocenters. The van der Waals surface area contributed by atoms with Crippen LogP contribution in [0.25, 0.3) is 0 Å². The van der Waals surface area contributed by atoms with Crippen LogP contribution in [0.5, 0.6) is 0 Å². The molecule has 0 spiro atoms. The highest BCUT2D eigenvalue weighted by molar-refractivity contribution is 5.57. The largest absolute Gasteiger partial charge is 0.372 e. The van der Waals surface area contributed by atoms with Crippen LogP contribution >= 0.6 is 0 Å². The van der Waals surface area contributed by atoms with E-state index in [0.29, 0.717) is 0 Å². The molecule has 2 fully saturated rings. The van der Waals surface area contributed by atoms with E-state index < -0.39 is 0 Å². The van der Waals surface area contributed by atoms with E-state index in [0.717, 1.165) is 12.5 Å². The van der Waals surface area contributed by atoms with E-state index in [1.807, 2.05) is 0 Å². The minimum atomic E-state index is 0.815. The van der Waals surface area contributed by atoms with E-state index in [2.05, 4.69) is 46.3 Å². The second-order valence-electron chi connectivity index (χ2n) is 6.52. The van der Waals surface area contributed by atoms with Crippen LogP contribution < -0.4 is 15.1 Å². The molecule has 1 aromatic carbocycles. The minimum Gasteiger partial charge on any atom is -0.372 e. The number of rotatable bonds is 6. The summed E-state index contributed by atoms with van der Waals surface area (Å²) < 4.78 is 0. The van der Waals surface area contributed by atoms with Crippen LogP contribution in [0.15, 0.2) is 24.3 Å². The molecular weight excluding hydrogens is 258 g/mol. The van der Waals surface area contributed by atoms with Gasteiger partial charge in [0.25, 0.3) is 0 Å². The molecule has 2 aliphatic rings. The van der Waals surface area contributed by atoms with E-state index in [-0.39, 0.29) is 0 Å². The summed E-state index contributed by atoms with van der Waals surface area (Å²) in [5.41, 5.74) is 2.80. The fourth-order valence-electron chi connectivity index (χ4n) is 3.57. The number of nitrogens with one attached hydrogen (secondary N) is 1. The Morgan fingerprint density at radius 1 is 1.00 bits per heavy atom. The Hall–Kier alpha value is -1.22. The molecule has 1 N–H and O–H groups in total. The van der Waals surface area contributed by atoms with Crippen LogP contribution in [0.4, 0.5) is 11.4 Å². The molecule has 2 saturated heterocycles. The first kappa shape index (κ1) is 14.7. The fourth-order valence-corrected chi connectivity index (χ4v) is 3.57. The van der Waals surface area contributed by atoms with Crippen molar-refractivity contribution in [2.75, 3.05) is 49.1 Å². The summed E-state index contributed by atoms with van der Waals surface area (Å²) in [6, 6.07) is 9.25. The van der Waals surface area contributed by atoms with Crippen molar-refractivity contribution in [2.45, 2.75) is 32.6 Å². The lowest BCUT2D eigenvalue weighted by molar-refractivity contribution is 0.516. The Balaban J connectivity index is 1.52. The molecule has 1 unspecified atom stereocenters. The van der Waals surface area contributed by atoms with Gasteiger partial charge in [0.15, 0.2) is 0 Å². The van der Waals surface area contributed by atoms with Crippen LogP contribution in [0, 0.1) is 5.92 Å². The Kier molecular flexibility index (Phi) is 5.02. The van der Waals surface area contributed by atoms with Crippen molar-refractivity contribution in [2.24, 2.45) is 5.92 Å². The molecule has 3 nitrogen and oxygen atoms in total. The van der Waals surface area contributed by atoms with Gasteiger partial charge in [0.05, 0.1) is 0 Å². The number of anilines is 2. The maximum atomic E-state index is 3.56. The first-order chi connectivity index (χ1) is 10.4. The predicted octanol–water partition coefficient (Wildman–Crippen LogP) is 3.11. The van der Waals surface area contributed by atoms with Crippen molar-refractivity contribution < 1.29 is 0 Å². The molecule has 0 saturated carbocycles. The monoisotopic (exact) mass is 287 g/mol. The quantitative estimate of drug-likeness (QED) is 0.811. The molecule has 3 heteroatoms. The molecule has 116 valence electrons. The van der Waals surface area contributed by atoms with Crippen LogP contribution in [-0.4, -0.2) is 39.3 Å². The van der Waals surface area contributed by atoms with Gasteiger partial charge in [0.1, 0.15) is 0 Å². The van der Waals surface area contributed by atoms with E-state index in [1.54, 1.807) is 0 Å². The van der Waals surface area contributed by atoms with Crippen molar-refractivity contribution in [3.8, 4) is 0 Å². The zero-order valence-electron chi connectivity index (χ0n) is 13.4. The number of hydrogen-bond acceptors (Lipinski definition) is 3. The van der Waals surface area contributed by atoms with Gasteiger partial charge in [-0.1, -0.05) is 6.92 Å². The lowest BCUT2D eigenvalue weighted by atomic mass is 10.1. The second-order valence-corrected chi connectivity index (χ2v) is 6.52. The molecule has 0 amide bonds. The average Bonchev–Trinajstić information content (AvgIpc) is 3.20. The highest BCUT2D eigenvalue weighted by Gasteiger charge is 2.22. The van der Waals surface area contributed by atoms with Gasteiger partial charge in [-0.05, 0) is 69.0 Å². The highest BCUT2D eigenvalue weighted by atomic mass is 15.2. The minimum absolute atomic E-state index is 0.815. The number of hydrogen-bond donors (Lipinski definition) is 1. The Bertz CT molecular complexity index is 423. The predicted molar refractivity (Wildman–Crippen MR) is 91.4 cm³/mol. The maximum absolute atomic E-state index is 3.56. The summed E-state index contributed by atoms with van der Waals surface area (Å²) in [5, 5.41) is 3.56. The summed E-state index contributed by atoms with van der Waals surface area (Å²) in [5.74, 6) is 0.815. The summed E-state index contributed by atoms with van der Waals surface area (Å²) in [4.78, 5) is 5.05. The molecule has 0 bridgehead atoms. The summed E-state index contributed by atoms with van der Waals surface area (Å²) in [6.45, 7) is 9.44. The zero-order valence-corrected chi connectivity index (χ0v) is 13.4. The normalized spacial score (nSPS) is 22.2. The van der Waals surface area contributed by atoms with Crippen molar-refractivity contribution in [3.63, 3.8) is 0 Å². The van der Waals surface area contributed by atoms with Crippen molar-refractivity contribution in [3.05, 3.63) is 24.3 Å². The lowest BCUT2D eigenvalue weighted by Gasteiger charge is -2.22. The summed E-state index contributed by atoms with van der Waals surface area (Å²) in [6.07, 6.45) is 5.25. The summed E-state index contributed by atoms with van der Waals surface area (Å²) in [7, 11) is 0. The molecule has 0 aliphatic carbocycles. The molecular formula is C18H29N3. The SMILES string of the molecule is CCCNCC1CCN(c2ccc(N3CCCC3)cc2)C1. The average molecular weight is 287 g/mol. The van der Waals surface area contributed by atoms with Gasteiger partial charge >= 0.3 is 0 Å². The van der Waals surface area contributed by atoms with E-state index in [1.165, 1.54) is 69.8 Å². The molecule has 0 aromatic heterocycles. The van der Waals surface area contributed by atoms with Gasteiger partial charge in [-0.3, -0.25) is 0 Å². The first-order valence-electron chi connectivity index (χ1n) is 8.67. The topological polar surface area (TPSA) is 18.5 Å². The number of benzene rings is 1. The van der Waals surface area contributed by atoms with Crippen LogP contribution in [0.1, 0.15) is 32.6 Å². The van der Waals surface area contributed by atoms with Gasteiger partial charge < -0.3 is 15.1 Å².